The lowest BCUT2D eigenvalue weighted by atomic mass is 9.61. The van der Waals surface area contributed by atoms with Gasteiger partial charge >= 0.3 is 0 Å². The van der Waals surface area contributed by atoms with Crippen molar-refractivity contribution >= 4 is 5.78 Å². The van der Waals surface area contributed by atoms with Crippen LogP contribution in [0.3, 0.4) is 0 Å². The highest BCUT2D eigenvalue weighted by Gasteiger charge is 2.63. The Labute approximate surface area is 153 Å². The van der Waals surface area contributed by atoms with Crippen molar-refractivity contribution in [2.45, 2.75) is 36.5 Å². The van der Waals surface area contributed by atoms with Gasteiger partial charge in [0.2, 0.25) is 0 Å². The third kappa shape index (κ3) is 2.28. The van der Waals surface area contributed by atoms with Crippen LogP contribution in [0.25, 0.3) is 0 Å². The van der Waals surface area contributed by atoms with Crippen LogP contribution in [0.4, 0.5) is 0 Å². The minimum absolute atomic E-state index is 0.00223. The summed E-state index contributed by atoms with van der Waals surface area (Å²) < 4.78 is 0. The van der Waals surface area contributed by atoms with E-state index in [2.05, 4.69) is 12.1 Å². The summed E-state index contributed by atoms with van der Waals surface area (Å²) in [4.78, 5) is 14.1. The number of hydrogen-bond donors (Lipinski definition) is 0. The SMILES string of the molecule is N#CC(C(=O)C(C#N)(c1ccccc1)C1CC1)(c1ccccc1)C1CC1. The summed E-state index contributed by atoms with van der Waals surface area (Å²) in [5.74, 6) is -0.229. The molecule has 0 saturated heterocycles. The standard InChI is InChI=1S/C23H20N2O/c24-15-22(19-11-12-19,17-7-3-1-4-8-17)21(26)23(16-25,20-13-14-20)18-9-5-2-6-10-18/h1-10,19-20H,11-14H2. The monoisotopic (exact) mass is 340 g/mol. The minimum Gasteiger partial charge on any atom is -0.295 e. The molecule has 2 aromatic carbocycles. The van der Waals surface area contributed by atoms with Crippen molar-refractivity contribution in [2.75, 3.05) is 0 Å². The highest BCUT2D eigenvalue weighted by atomic mass is 16.1. The van der Waals surface area contributed by atoms with E-state index in [0.29, 0.717) is 0 Å². The van der Waals surface area contributed by atoms with Gasteiger partial charge in [-0.15, -0.1) is 0 Å². The highest BCUT2D eigenvalue weighted by molar-refractivity contribution is 6.04. The van der Waals surface area contributed by atoms with E-state index in [-0.39, 0.29) is 17.6 Å². The molecule has 4 rings (SSSR count). The molecule has 2 fully saturated rings. The van der Waals surface area contributed by atoms with E-state index < -0.39 is 10.8 Å². The first-order valence-electron chi connectivity index (χ1n) is 9.18. The minimum atomic E-state index is -1.24. The molecule has 0 bridgehead atoms. The van der Waals surface area contributed by atoms with E-state index in [1.165, 1.54) is 0 Å². The molecule has 2 aromatic rings. The molecule has 0 aliphatic heterocycles. The highest BCUT2D eigenvalue weighted by Crippen LogP contribution is 2.56. The Kier molecular flexibility index (Phi) is 3.89. The summed E-state index contributed by atoms with van der Waals surface area (Å²) in [6, 6.07) is 23.5. The summed E-state index contributed by atoms with van der Waals surface area (Å²) in [7, 11) is 0. The van der Waals surface area contributed by atoms with Gasteiger partial charge in [-0.3, -0.25) is 4.79 Å². The second kappa shape index (κ2) is 6.11. The third-order valence-corrected chi connectivity index (χ3v) is 5.91. The third-order valence-electron chi connectivity index (χ3n) is 5.91. The Bertz CT molecular complexity index is 825. The lowest BCUT2D eigenvalue weighted by Gasteiger charge is -2.35. The van der Waals surface area contributed by atoms with Gasteiger partial charge in [0.1, 0.15) is 10.8 Å². The Morgan fingerprint density at radius 3 is 1.35 bits per heavy atom. The van der Waals surface area contributed by atoms with E-state index >= 15 is 0 Å². The van der Waals surface area contributed by atoms with Gasteiger partial charge in [-0.2, -0.15) is 10.5 Å². The molecule has 2 aliphatic rings. The summed E-state index contributed by atoms with van der Waals surface area (Å²) in [6.45, 7) is 0. The molecule has 2 atom stereocenters. The maximum atomic E-state index is 14.1. The zero-order valence-electron chi connectivity index (χ0n) is 14.6. The first kappa shape index (κ1) is 16.6. The topological polar surface area (TPSA) is 64.7 Å². The quantitative estimate of drug-likeness (QED) is 0.787. The van der Waals surface area contributed by atoms with Crippen molar-refractivity contribution in [2.24, 2.45) is 11.8 Å². The molecule has 0 aromatic heterocycles. The molecule has 0 amide bonds. The van der Waals surface area contributed by atoms with Gasteiger partial charge in [0, 0.05) is 0 Å². The zero-order valence-corrected chi connectivity index (χ0v) is 14.6. The molecule has 0 N–H and O–H groups in total. The van der Waals surface area contributed by atoms with Crippen LogP contribution < -0.4 is 0 Å². The van der Waals surface area contributed by atoms with Crippen molar-refractivity contribution in [3.05, 3.63) is 71.8 Å². The second-order valence-corrected chi connectivity index (χ2v) is 7.45. The molecule has 26 heavy (non-hydrogen) atoms. The molecule has 0 heterocycles. The van der Waals surface area contributed by atoms with Crippen LogP contribution in [0.5, 0.6) is 0 Å². The van der Waals surface area contributed by atoms with Gasteiger partial charge in [0.25, 0.3) is 0 Å². The summed E-state index contributed by atoms with van der Waals surface area (Å²) in [5, 5.41) is 20.5. The summed E-state index contributed by atoms with van der Waals surface area (Å²) in [6.07, 6.45) is 3.43. The van der Waals surface area contributed by atoms with Crippen molar-refractivity contribution in [3.8, 4) is 12.1 Å². The number of hydrogen-bond acceptors (Lipinski definition) is 3. The lowest BCUT2D eigenvalue weighted by Crippen LogP contribution is -2.50. The predicted molar refractivity (Wildman–Crippen MR) is 97.9 cm³/mol. The molecule has 3 nitrogen and oxygen atoms in total. The van der Waals surface area contributed by atoms with E-state index in [4.69, 9.17) is 0 Å². The van der Waals surface area contributed by atoms with Crippen molar-refractivity contribution in [1.82, 2.24) is 0 Å². The second-order valence-electron chi connectivity index (χ2n) is 7.45. The molecular formula is C23H20N2O. The van der Waals surface area contributed by atoms with Gasteiger partial charge in [0.05, 0.1) is 12.1 Å². The van der Waals surface area contributed by atoms with Crippen LogP contribution in [0.1, 0.15) is 36.8 Å². The molecular weight excluding hydrogens is 320 g/mol. The van der Waals surface area contributed by atoms with Gasteiger partial charge in [-0.05, 0) is 48.6 Å². The van der Waals surface area contributed by atoms with E-state index in [9.17, 15) is 15.3 Å². The summed E-state index contributed by atoms with van der Waals surface area (Å²) >= 11 is 0. The molecule has 3 heteroatoms. The van der Waals surface area contributed by atoms with E-state index in [0.717, 1.165) is 36.8 Å². The van der Waals surface area contributed by atoms with E-state index in [1.807, 2.05) is 60.7 Å². The first-order chi connectivity index (χ1) is 12.7. The lowest BCUT2D eigenvalue weighted by molar-refractivity contribution is -0.128. The Balaban J connectivity index is 1.92. The van der Waals surface area contributed by atoms with E-state index in [1.54, 1.807) is 0 Å². The van der Waals surface area contributed by atoms with Gasteiger partial charge in [-0.1, -0.05) is 60.7 Å². The van der Waals surface area contributed by atoms with Crippen LogP contribution in [0.15, 0.2) is 60.7 Å². The summed E-state index contributed by atoms with van der Waals surface area (Å²) in [5.41, 5.74) is -1.03. The van der Waals surface area contributed by atoms with Crippen LogP contribution >= 0.6 is 0 Å². The number of benzene rings is 2. The molecule has 128 valence electrons. The van der Waals surface area contributed by atoms with Crippen LogP contribution in [0, 0.1) is 34.5 Å². The number of carbonyl (C=O) groups excluding carboxylic acids is 1. The van der Waals surface area contributed by atoms with Crippen molar-refractivity contribution in [1.29, 1.82) is 10.5 Å². The molecule has 0 radical (unpaired) electrons. The Morgan fingerprint density at radius 2 is 1.08 bits per heavy atom. The maximum absolute atomic E-state index is 14.1. The number of nitrogens with zero attached hydrogens (tertiary/aromatic N) is 2. The van der Waals surface area contributed by atoms with Crippen molar-refractivity contribution < 1.29 is 4.79 Å². The van der Waals surface area contributed by atoms with Crippen LogP contribution in [0.2, 0.25) is 0 Å². The average molecular weight is 340 g/mol. The molecule has 0 spiro atoms. The van der Waals surface area contributed by atoms with Gasteiger partial charge in [-0.25, -0.2) is 0 Å². The Hall–Kier alpha value is -2.91. The number of ketones is 1. The fourth-order valence-electron chi connectivity index (χ4n) is 4.26. The Morgan fingerprint density at radius 1 is 0.731 bits per heavy atom. The average Bonchev–Trinajstić information content (AvgIpc) is 3.59. The number of nitriles is 2. The smallest absolute Gasteiger partial charge is 0.182 e. The predicted octanol–water partition coefficient (Wildman–Crippen LogP) is 4.30. The van der Waals surface area contributed by atoms with Gasteiger partial charge in [0.15, 0.2) is 5.78 Å². The number of carbonyl (C=O) groups is 1. The maximum Gasteiger partial charge on any atom is 0.182 e. The fraction of sp³-hybridized carbons (Fsp3) is 0.348. The zero-order chi connectivity index (χ0) is 18.2. The molecule has 2 unspecified atom stereocenters. The largest absolute Gasteiger partial charge is 0.295 e. The van der Waals surface area contributed by atoms with Crippen molar-refractivity contribution in [3.63, 3.8) is 0 Å². The molecule has 2 aliphatic carbocycles. The van der Waals surface area contributed by atoms with Crippen LogP contribution in [-0.2, 0) is 15.6 Å². The normalized spacial score (nSPS) is 20.8. The fourth-order valence-corrected chi connectivity index (χ4v) is 4.26. The van der Waals surface area contributed by atoms with Crippen LogP contribution in [-0.4, -0.2) is 5.78 Å². The van der Waals surface area contributed by atoms with Gasteiger partial charge < -0.3 is 0 Å². The first-order valence-corrected chi connectivity index (χ1v) is 9.18. The number of rotatable bonds is 6. The number of Topliss-reactive ketones (excluding diaryl/α,β-unsaturated/α-hetero) is 1. The molecule has 2 saturated carbocycles.